The lowest BCUT2D eigenvalue weighted by molar-refractivity contribution is 0.0887. The van der Waals surface area contributed by atoms with Crippen LogP contribution in [0, 0.1) is 6.92 Å². The van der Waals surface area contributed by atoms with E-state index in [1.807, 2.05) is 0 Å². The van der Waals surface area contributed by atoms with Gasteiger partial charge in [-0.1, -0.05) is 0 Å². The fraction of sp³-hybridized carbons (Fsp3) is 0.375. The van der Waals surface area contributed by atoms with Crippen LogP contribution in [0.2, 0.25) is 0 Å². The highest BCUT2D eigenvalue weighted by atomic mass is 32.1. The van der Waals surface area contributed by atoms with Crippen molar-refractivity contribution in [2.75, 3.05) is 7.05 Å². The summed E-state index contributed by atoms with van der Waals surface area (Å²) >= 11 is 4.69. The van der Waals surface area contributed by atoms with Gasteiger partial charge in [0, 0.05) is 20.3 Å². The second-order valence-corrected chi connectivity index (χ2v) is 3.56. The summed E-state index contributed by atoms with van der Waals surface area (Å²) in [4.78, 5) is 11.7. The molecule has 0 aromatic carbocycles. The number of hydrogen-bond donors (Lipinski definition) is 2. The third-order valence-electron chi connectivity index (χ3n) is 1.86. The van der Waals surface area contributed by atoms with E-state index in [1.54, 1.807) is 31.9 Å². The van der Waals surface area contributed by atoms with E-state index in [0.717, 1.165) is 0 Å². The first-order valence-electron chi connectivity index (χ1n) is 4.26. The van der Waals surface area contributed by atoms with Gasteiger partial charge >= 0.3 is 0 Å². The SMILES string of the molecule is Cc1nn(C)cc1C(=O)NN(C)C(N)=S. The largest absolute Gasteiger partial charge is 0.375 e. The summed E-state index contributed by atoms with van der Waals surface area (Å²) in [6.45, 7) is 1.76. The maximum absolute atomic E-state index is 11.7. The van der Waals surface area contributed by atoms with Crippen molar-refractivity contribution in [2.24, 2.45) is 12.8 Å². The van der Waals surface area contributed by atoms with Crippen LogP contribution in [-0.2, 0) is 7.05 Å². The summed E-state index contributed by atoms with van der Waals surface area (Å²) in [5.74, 6) is -0.282. The minimum Gasteiger partial charge on any atom is -0.375 e. The third-order valence-corrected chi connectivity index (χ3v) is 2.13. The number of rotatable bonds is 1. The minimum absolute atomic E-state index is 0.102. The third kappa shape index (κ3) is 2.66. The first-order chi connectivity index (χ1) is 6.91. The van der Waals surface area contributed by atoms with Gasteiger partial charge in [-0.2, -0.15) is 5.10 Å². The standard InChI is InChI=1S/C8H13N5OS/c1-5-6(4-12(2)10-5)7(14)11-13(3)8(9)15/h4H,1-3H3,(H2,9,15)(H,11,14). The number of amides is 1. The van der Waals surface area contributed by atoms with Crippen LogP contribution in [0.4, 0.5) is 0 Å². The molecule has 0 radical (unpaired) electrons. The van der Waals surface area contributed by atoms with Crippen LogP contribution < -0.4 is 11.2 Å². The van der Waals surface area contributed by atoms with E-state index in [1.165, 1.54) is 5.01 Å². The topological polar surface area (TPSA) is 76.2 Å². The summed E-state index contributed by atoms with van der Waals surface area (Å²) in [6.07, 6.45) is 1.64. The quantitative estimate of drug-likeness (QED) is 0.502. The molecule has 1 aromatic heterocycles. The zero-order valence-electron chi connectivity index (χ0n) is 8.81. The van der Waals surface area contributed by atoms with Crippen LogP contribution in [-0.4, -0.2) is 32.9 Å². The van der Waals surface area contributed by atoms with Crippen molar-refractivity contribution < 1.29 is 4.79 Å². The molecule has 6 nitrogen and oxygen atoms in total. The van der Waals surface area contributed by atoms with Gasteiger partial charge in [0.05, 0.1) is 11.3 Å². The van der Waals surface area contributed by atoms with Gasteiger partial charge in [0.2, 0.25) is 0 Å². The smallest absolute Gasteiger partial charge is 0.273 e. The molecule has 0 saturated carbocycles. The lowest BCUT2D eigenvalue weighted by atomic mass is 10.2. The van der Waals surface area contributed by atoms with E-state index in [0.29, 0.717) is 11.3 Å². The van der Waals surface area contributed by atoms with Gasteiger partial charge in [0.15, 0.2) is 5.11 Å². The Morgan fingerprint density at radius 1 is 1.73 bits per heavy atom. The second kappa shape index (κ2) is 4.26. The molecule has 0 spiro atoms. The fourth-order valence-corrected chi connectivity index (χ4v) is 1.14. The predicted molar refractivity (Wildman–Crippen MR) is 60.0 cm³/mol. The van der Waals surface area contributed by atoms with Crippen molar-refractivity contribution in [3.05, 3.63) is 17.5 Å². The molecular formula is C8H13N5OS. The number of hydrogen-bond acceptors (Lipinski definition) is 3. The first-order valence-corrected chi connectivity index (χ1v) is 4.67. The average molecular weight is 227 g/mol. The number of carbonyl (C=O) groups excluding carboxylic acids is 1. The van der Waals surface area contributed by atoms with Crippen LogP contribution in [0.1, 0.15) is 16.1 Å². The number of carbonyl (C=O) groups is 1. The van der Waals surface area contributed by atoms with Crippen molar-refractivity contribution in [2.45, 2.75) is 6.92 Å². The van der Waals surface area contributed by atoms with Crippen molar-refractivity contribution in [3.63, 3.8) is 0 Å². The molecule has 0 bridgehead atoms. The Hall–Kier alpha value is -1.63. The molecule has 7 heteroatoms. The monoisotopic (exact) mass is 227 g/mol. The Morgan fingerprint density at radius 3 is 2.73 bits per heavy atom. The Kier molecular flexibility index (Phi) is 3.25. The summed E-state index contributed by atoms with van der Waals surface area (Å²) in [7, 11) is 3.33. The fourth-order valence-electron chi connectivity index (χ4n) is 1.09. The number of nitrogens with one attached hydrogen (secondary N) is 1. The highest BCUT2D eigenvalue weighted by Gasteiger charge is 2.14. The summed E-state index contributed by atoms with van der Waals surface area (Å²) < 4.78 is 1.57. The Balaban J connectivity index is 2.77. The molecule has 3 N–H and O–H groups in total. The first kappa shape index (κ1) is 11.4. The van der Waals surface area contributed by atoms with Crippen LogP contribution in [0.5, 0.6) is 0 Å². The zero-order chi connectivity index (χ0) is 11.6. The van der Waals surface area contributed by atoms with E-state index < -0.39 is 0 Å². The summed E-state index contributed by atoms with van der Waals surface area (Å²) in [5, 5.41) is 5.44. The molecule has 1 rings (SSSR count). The number of aromatic nitrogens is 2. The molecule has 1 heterocycles. The maximum atomic E-state index is 11.7. The number of aryl methyl sites for hydroxylation is 2. The zero-order valence-corrected chi connectivity index (χ0v) is 9.63. The molecule has 0 fully saturated rings. The van der Waals surface area contributed by atoms with Gasteiger partial charge < -0.3 is 5.73 Å². The van der Waals surface area contributed by atoms with Gasteiger partial charge in [-0.05, 0) is 19.1 Å². The maximum Gasteiger partial charge on any atom is 0.273 e. The summed E-state index contributed by atoms with van der Waals surface area (Å²) in [6, 6.07) is 0. The number of thiocarbonyl (C=S) groups is 1. The normalized spacial score (nSPS) is 9.80. The molecule has 0 unspecified atom stereocenters. The highest BCUT2D eigenvalue weighted by Crippen LogP contribution is 2.03. The van der Waals surface area contributed by atoms with Gasteiger partial charge in [-0.3, -0.25) is 19.9 Å². The van der Waals surface area contributed by atoms with Crippen molar-refractivity contribution >= 4 is 23.2 Å². The van der Waals surface area contributed by atoms with Crippen LogP contribution in [0.25, 0.3) is 0 Å². The van der Waals surface area contributed by atoms with E-state index >= 15 is 0 Å². The molecule has 0 atom stereocenters. The summed E-state index contributed by atoms with van der Waals surface area (Å²) in [5.41, 5.74) is 9.01. The number of nitrogens with zero attached hydrogens (tertiary/aromatic N) is 3. The second-order valence-electron chi connectivity index (χ2n) is 3.14. The van der Waals surface area contributed by atoms with Gasteiger partial charge in [-0.15, -0.1) is 0 Å². The number of nitrogens with two attached hydrogens (primary N) is 1. The van der Waals surface area contributed by atoms with E-state index in [9.17, 15) is 4.79 Å². The van der Waals surface area contributed by atoms with Crippen LogP contribution >= 0.6 is 12.2 Å². The number of hydrazine groups is 1. The minimum atomic E-state index is -0.282. The van der Waals surface area contributed by atoms with Gasteiger partial charge in [0.25, 0.3) is 5.91 Å². The van der Waals surface area contributed by atoms with Gasteiger partial charge in [-0.25, -0.2) is 0 Å². The average Bonchev–Trinajstić information content (AvgIpc) is 2.44. The molecule has 1 amide bonds. The van der Waals surface area contributed by atoms with Crippen molar-refractivity contribution in [1.82, 2.24) is 20.2 Å². The molecule has 0 saturated heterocycles. The molecule has 0 aliphatic heterocycles. The lowest BCUT2D eigenvalue weighted by Crippen LogP contribution is -2.45. The predicted octanol–water partition coefficient (Wildman–Crippen LogP) is -0.451. The molecular weight excluding hydrogens is 214 g/mol. The van der Waals surface area contributed by atoms with Gasteiger partial charge in [0.1, 0.15) is 0 Å². The van der Waals surface area contributed by atoms with Crippen molar-refractivity contribution in [1.29, 1.82) is 0 Å². The molecule has 15 heavy (non-hydrogen) atoms. The Labute approximate surface area is 93.0 Å². The van der Waals surface area contributed by atoms with Crippen molar-refractivity contribution in [3.8, 4) is 0 Å². The molecule has 0 aliphatic carbocycles. The van der Waals surface area contributed by atoms with Crippen LogP contribution in [0.3, 0.4) is 0 Å². The molecule has 0 aliphatic rings. The van der Waals surface area contributed by atoms with E-state index in [2.05, 4.69) is 10.5 Å². The highest BCUT2D eigenvalue weighted by molar-refractivity contribution is 7.80. The lowest BCUT2D eigenvalue weighted by Gasteiger charge is -2.17. The molecule has 82 valence electrons. The van der Waals surface area contributed by atoms with Crippen LogP contribution in [0.15, 0.2) is 6.20 Å². The van der Waals surface area contributed by atoms with E-state index in [-0.39, 0.29) is 11.0 Å². The Morgan fingerprint density at radius 2 is 2.33 bits per heavy atom. The van der Waals surface area contributed by atoms with E-state index in [4.69, 9.17) is 18.0 Å². The molecule has 1 aromatic rings. The Bertz CT molecular complexity index is 400.